The summed E-state index contributed by atoms with van der Waals surface area (Å²) in [6, 6.07) is 4.21. The van der Waals surface area contributed by atoms with Crippen LogP contribution in [0.4, 0.5) is 0 Å². The number of hydrogen-bond acceptors (Lipinski definition) is 3. The molecule has 0 spiro atoms. The standard InChI is InChI=1S/C11H8ClN3O3/c12-8-3-6(11(17)18)1-2-9(8)15-5-7(4-14-15)10(13)16/h1-5H,(H2,13,16)(H,17,18). The quantitative estimate of drug-likeness (QED) is 0.874. The van der Waals surface area contributed by atoms with E-state index in [4.69, 9.17) is 22.4 Å². The van der Waals surface area contributed by atoms with Gasteiger partial charge < -0.3 is 10.8 Å². The molecule has 1 heterocycles. The van der Waals surface area contributed by atoms with Crippen LogP contribution in [0.3, 0.4) is 0 Å². The number of carboxylic acid groups (broad SMARTS) is 1. The lowest BCUT2D eigenvalue weighted by molar-refractivity contribution is 0.0696. The lowest BCUT2D eigenvalue weighted by Crippen LogP contribution is -2.09. The summed E-state index contributed by atoms with van der Waals surface area (Å²) in [6.45, 7) is 0. The molecule has 1 amide bonds. The van der Waals surface area contributed by atoms with Crippen molar-refractivity contribution < 1.29 is 14.7 Å². The molecule has 2 aromatic rings. The summed E-state index contributed by atoms with van der Waals surface area (Å²) in [7, 11) is 0. The molecule has 0 saturated carbocycles. The minimum absolute atomic E-state index is 0.0750. The Balaban J connectivity index is 2.44. The number of carboxylic acids is 1. The summed E-state index contributed by atoms with van der Waals surface area (Å²) in [5.74, 6) is -1.67. The molecule has 0 saturated heterocycles. The zero-order valence-electron chi connectivity index (χ0n) is 9.00. The first-order valence-electron chi connectivity index (χ1n) is 4.86. The second-order valence-corrected chi connectivity index (χ2v) is 3.92. The zero-order valence-corrected chi connectivity index (χ0v) is 9.76. The smallest absolute Gasteiger partial charge is 0.335 e. The number of nitrogens with zero attached hydrogens (tertiary/aromatic N) is 2. The molecule has 1 aromatic carbocycles. The molecule has 3 N–H and O–H groups in total. The normalized spacial score (nSPS) is 10.3. The number of amides is 1. The van der Waals surface area contributed by atoms with Crippen molar-refractivity contribution >= 4 is 23.5 Å². The van der Waals surface area contributed by atoms with Crippen LogP contribution in [0.15, 0.2) is 30.6 Å². The highest BCUT2D eigenvalue weighted by Crippen LogP contribution is 2.21. The highest BCUT2D eigenvalue weighted by molar-refractivity contribution is 6.32. The molecule has 2 rings (SSSR count). The van der Waals surface area contributed by atoms with Gasteiger partial charge in [0.1, 0.15) is 0 Å². The molecular formula is C11H8ClN3O3. The molecule has 92 valence electrons. The third kappa shape index (κ3) is 2.18. The fourth-order valence-corrected chi connectivity index (χ4v) is 1.67. The molecule has 0 bridgehead atoms. The van der Waals surface area contributed by atoms with Crippen LogP contribution in [-0.2, 0) is 0 Å². The van der Waals surface area contributed by atoms with Crippen LogP contribution in [0.2, 0.25) is 5.02 Å². The second kappa shape index (κ2) is 4.50. The maximum atomic E-state index is 10.9. The number of aromatic carboxylic acids is 1. The van der Waals surface area contributed by atoms with E-state index in [0.717, 1.165) is 0 Å². The first-order valence-corrected chi connectivity index (χ1v) is 5.24. The summed E-state index contributed by atoms with van der Waals surface area (Å²) in [5.41, 5.74) is 5.89. The van der Waals surface area contributed by atoms with E-state index in [1.54, 1.807) is 0 Å². The van der Waals surface area contributed by atoms with Gasteiger partial charge in [-0.05, 0) is 18.2 Å². The van der Waals surface area contributed by atoms with Crippen LogP contribution in [0.25, 0.3) is 5.69 Å². The first kappa shape index (κ1) is 12.1. The Morgan fingerprint density at radius 2 is 2.06 bits per heavy atom. The molecule has 7 heteroatoms. The van der Waals surface area contributed by atoms with E-state index in [0.29, 0.717) is 5.69 Å². The maximum Gasteiger partial charge on any atom is 0.335 e. The number of rotatable bonds is 3. The molecule has 6 nitrogen and oxygen atoms in total. The van der Waals surface area contributed by atoms with Gasteiger partial charge in [0.2, 0.25) is 0 Å². The predicted octanol–water partition coefficient (Wildman–Crippen LogP) is 1.32. The van der Waals surface area contributed by atoms with E-state index in [1.807, 2.05) is 0 Å². The zero-order chi connectivity index (χ0) is 13.3. The fraction of sp³-hybridized carbons (Fsp3) is 0. The van der Waals surface area contributed by atoms with Gasteiger partial charge in [-0.2, -0.15) is 5.10 Å². The maximum absolute atomic E-state index is 10.9. The Kier molecular flexibility index (Phi) is 3.03. The van der Waals surface area contributed by atoms with E-state index in [1.165, 1.54) is 35.3 Å². The van der Waals surface area contributed by atoms with Gasteiger partial charge in [0.15, 0.2) is 0 Å². The number of benzene rings is 1. The van der Waals surface area contributed by atoms with Gasteiger partial charge in [-0.3, -0.25) is 4.79 Å². The van der Waals surface area contributed by atoms with Crippen molar-refractivity contribution in [2.45, 2.75) is 0 Å². The molecule has 0 aliphatic rings. The van der Waals surface area contributed by atoms with E-state index < -0.39 is 11.9 Å². The van der Waals surface area contributed by atoms with Gasteiger partial charge in [-0.1, -0.05) is 11.6 Å². The highest BCUT2D eigenvalue weighted by atomic mass is 35.5. The Labute approximate surface area is 107 Å². The average Bonchev–Trinajstić information content (AvgIpc) is 2.78. The van der Waals surface area contributed by atoms with Crippen LogP contribution < -0.4 is 5.73 Å². The summed E-state index contributed by atoms with van der Waals surface area (Å²) in [6.07, 6.45) is 2.73. The molecule has 0 atom stereocenters. The van der Waals surface area contributed by atoms with Crippen molar-refractivity contribution in [2.75, 3.05) is 0 Å². The average molecular weight is 266 g/mol. The lowest BCUT2D eigenvalue weighted by atomic mass is 10.2. The molecule has 0 aliphatic heterocycles. The third-order valence-corrected chi connectivity index (χ3v) is 2.61. The van der Waals surface area contributed by atoms with Crippen molar-refractivity contribution in [3.8, 4) is 5.69 Å². The number of nitrogens with two attached hydrogens (primary N) is 1. The number of halogens is 1. The van der Waals surface area contributed by atoms with Gasteiger partial charge in [-0.15, -0.1) is 0 Å². The van der Waals surface area contributed by atoms with Crippen molar-refractivity contribution in [3.63, 3.8) is 0 Å². The Morgan fingerprint density at radius 3 is 2.56 bits per heavy atom. The number of primary amides is 1. The summed E-state index contributed by atoms with van der Waals surface area (Å²) >= 11 is 5.96. The molecule has 0 radical (unpaired) electrons. The Hall–Kier alpha value is -2.34. The van der Waals surface area contributed by atoms with Gasteiger partial charge in [-0.25, -0.2) is 9.48 Å². The van der Waals surface area contributed by atoms with Crippen molar-refractivity contribution in [1.82, 2.24) is 9.78 Å². The van der Waals surface area contributed by atoms with E-state index in [-0.39, 0.29) is 16.1 Å². The topological polar surface area (TPSA) is 98.2 Å². The molecule has 0 fully saturated rings. The van der Waals surface area contributed by atoms with Crippen molar-refractivity contribution in [3.05, 3.63) is 46.7 Å². The number of carbonyl (C=O) groups is 2. The molecule has 0 unspecified atom stereocenters. The van der Waals surface area contributed by atoms with Crippen LogP contribution in [0.1, 0.15) is 20.7 Å². The minimum atomic E-state index is -1.07. The lowest BCUT2D eigenvalue weighted by Gasteiger charge is -2.04. The van der Waals surface area contributed by atoms with Gasteiger partial charge in [0, 0.05) is 6.20 Å². The monoisotopic (exact) mass is 265 g/mol. The molecular weight excluding hydrogens is 258 g/mol. The van der Waals surface area contributed by atoms with Gasteiger partial charge >= 0.3 is 5.97 Å². The predicted molar refractivity (Wildman–Crippen MR) is 64.1 cm³/mol. The van der Waals surface area contributed by atoms with E-state index in [9.17, 15) is 9.59 Å². The Morgan fingerprint density at radius 1 is 1.33 bits per heavy atom. The van der Waals surface area contributed by atoms with Crippen LogP contribution in [-0.4, -0.2) is 26.8 Å². The number of hydrogen-bond donors (Lipinski definition) is 2. The number of carbonyl (C=O) groups excluding carboxylic acids is 1. The fourth-order valence-electron chi connectivity index (χ4n) is 1.41. The molecule has 0 aliphatic carbocycles. The summed E-state index contributed by atoms with van der Waals surface area (Å²) < 4.78 is 1.36. The molecule has 18 heavy (non-hydrogen) atoms. The van der Waals surface area contributed by atoms with E-state index >= 15 is 0 Å². The van der Waals surface area contributed by atoms with Gasteiger partial charge in [0.05, 0.1) is 28.0 Å². The van der Waals surface area contributed by atoms with Gasteiger partial charge in [0.25, 0.3) is 5.91 Å². The Bertz CT molecular complexity index is 636. The first-order chi connectivity index (χ1) is 8.49. The van der Waals surface area contributed by atoms with Crippen molar-refractivity contribution in [1.29, 1.82) is 0 Å². The van der Waals surface area contributed by atoms with Crippen molar-refractivity contribution in [2.24, 2.45) is 5.73 Å². The van der Waals surface area contributed by atoms with Crippen LogP contribution in [0.5, 0.6) is 0 Å². The summed E-state index contributed by atoms with van der Waals surface area (Å²) in [4.78, 5) is 21.7. The SMILES string of the molecule is NC(=O)c1cnn(-c2ccc(C(=O)O)cc2Cl)c1. The minimum Gasteiger partial charge on any atom is -0.478 e. The van der Waals surface area contributed by atoms with E-state index in [2.05, 4.69) is 5.10 Å². The number of aromatic nitrogens is 2. The molecule has 1 aromatic heterocycles. The van der Waals surface area contributed by atoms with Crippen LogP contribution >= 0.6 is 11.6 Å². The highest BCUT2D eigenvalue weighted by Gasteiger charge is 2.11. The largest absolute Gasteiger partial charge is 0.478 e. The third-order valence-electron chi connectivity index (χ3n) is 2.31. The second-order valence-electron chi connectivity index (χ2n) is 3.51. The summed E-state index contributed by atoms with van der Waals surface area (Å²) in [5, 5.41) is 12.9. The van der Waals surface area contributed by atoms with Crippen LogP contribution in [0, 0.1) is 0 Å².